The molecule has 1 heterocycles. The Balaban J connectivity index is 0.000000982. The average molecular weight is 270 g/mol. The number of rotatable bonds is 4. The molecule has 4 N–H and O–H groups in total. The molecule has 1 fully saturated rings. The van der Waals surface area contributed by atoms with Crippen molar-refractivity contribution in [3.05, 3.63) is 0 Å². The summed E-state index contributed by atoms with van der Waals surface area (Å²) in [6, 6.07) is 0.655. The molecule has 1 aliphatic rings. The van der Waals surface area contributed by atoms with E-state index in [4.69, 9.17) is 15.9 Å². The van der Waals surface area contributed by atoms with Gasteiger partial charge in [-0.3, -0.25) is 4.90 Å². The van der Waals surface area contributed by atoms with Crippen LogP contribution in [0, 0.1) is 5.41 Å². The highest BCUT2D eigenvalue weighted by atomic mass is 16.2. The van der Waals surface area contributed by atoms with Crippen molar-refractivity contribution >= 4 is 12.1 Å². The number of carbonyl (C=O) groups is 1. The second kappa shape index (κ2) is 9.53. The second-order valence-corrected chi connectivity index (χ2v) is 4.99. The smallest absolute Gasteiger partial charge is 0.313 e. The van der Waals surface area contributed by atoms with Gasteiger partial charge >= 0.3 is 6.03 Å². The lowest BCUT2D eigenvalue weighted by atomic mass is 9.96. The van der Waals surface area contributed by atoms with Gasteiger partial charge in [-0.15, -0.1) is 0 Å². The fourth-order valence-electron chi connectivity index (χ4n) is 2.79. The third-order valence-electron chi connectivity index (χ3n) is 3.49. The highest BCUT2D eigenvalue weighted by molar-refractivity contribution is 5.71. The topological polar surface area (TPSA) is 99.3 Å². The molecule has 6 heteroatoms. The van der Waals surface area contributed by atoms with Crippen LogP contribution in [0.5, 0.6) is 0 Å². The van der Waals surface area contributed by atoms with Gasteiger partial charge < -0.3 is 11.1 Å². The second-order valence-electron chi connectivity index (χ2n) is 4.99. The normalized spacial score (nSPS) is 24.6. The number of piperidine rings is 1. The fourth-order valence-corrected chi connectivity index (χ4v) is 2.79. The first-order chi connectivity index (χ1) is 8.97. The van der Waals surface area contributed by atoms with Crippen LogP contribution in [-0.2, 0) is 4.79 Å². The zero-order valence-corrected chi connectivity index (χ0v) is 12.1. The Kier molecular flexibility index (Phi) is 8.83. The maximum absolute atomic E-state index is 11.0. The van der Waals surface area contributed by atoms with E-state index in [1.54, 1.807) is 0 Å². The number of amides is 2. The maximum Gasteiger partial charge on any atom is 0.313 e. The number of primary amides is 1. The number of likely N-dealkylation sites (tertiary alicyclic amines) is 1. The minimum Gasteiger partial charge on any atom is -0.352 e. The van der Waals surface area contributed by atoms with Crippen LogP contribution in [0.15, 0.2) is 0 Å². The largest absolute Gasteiger partial charge is 0.352 e. The Labute approximate surface area is 115 Å². The first kappa shape index (κ1) is 17.6. The van der Waals surface area contributed by atoms with Gasteiger partial charge in [0.15, 0.2) is 0 Å². The molecule has 2 amide bonds. The Bertz CT molecular complexity index is 293. The van der Waals surface area contributed by atoms with Gasteiger partial charge in [-0.2, -0.15) is 0 Å². The van der Waals surface area contributed by atoms with Crippen LogP contribution in [0.3, 0.4) is 0 Å². The Hall–Kier alpha value is -1.39. The third kappa shape index (κ3) is 6.36. The van der Waals surface area contributed by atoms with Crippen LogP contribution in [0.2, 0.25) is 0 Å². The lowest BCUT2D eigenvalue weighted by Gasteiger charge is -2.44. The van der Waals surface area contributed by atoms with E-state index in [2.05, 4.69) is 31.0 Å². The molecular formula is C13H26N4O2. The molecule has 3 atom stereocenters. The van der Waals surface area contributed by atoms with Crippen LogP contribution >= 0.6 is 0 Å². The molecule has 3 unspecified atom stereocenters. The minimum absolute atomic E-state index is 0.104. The van der Waals surface area contributed by atoms with E-state index < -0.39 is 6.03 Å². The monoisotopic (exact) mass is 270 g/mol. The van der Waals surface area contributed by atoms with Crippen molar-refractivity contribution in [2.75, 3.05) is 0 Å². The van der Waals surface area contributed by atoms with Crippen molar-refractivity contribution in [3.63, 3.8) is 0 Å². The van der Waals surface area contributed by atoms with Gasteiger partial charge in [0.25, 0.3) is 0 Å². The predicted molar refractivity (Wildman–Crippen MR) is 74.4 cm³/mol. The first-order valence-corrected chi connectivity index (χ1v) is 6.85. The van der Waals surface area contributed by atoms with Gasteiger partial charge in [0.05, 0.1) is 6.17 Å². The molecular weight excluding hydrogens is 244 g/mol. The van der Waals surface area contributed by atoms with E-state index in [-0.39, 0.29) is 6.17 Å². The van der Waals surface area contributed by atoms with E-state index in [0.717, 1.165) is 18.9 Å². The molecule has 1 saturated heterocycles. The van der Waals surface area contributed by atoms with E-state index in [0.29, 0.717) is 12.1 Å². The fraction of sp³-hybridized carbons (Fsp3) is 0.846. The number of carbonyl (C=O) groups excluding carboxylic acids is 2. The van der Waals surface area contributed by atoms with E-state index in [1.807, 2.05) is 0 Å². The van der Waals surface area contributed by atoms with E-state index in [1.165, 1.54) is 19.3 Å². The standard InChI is InChI=1S/C12H25N3O.CHNO/c1-4-6-11(14-12(13)16)15-9(2)7-5-8-10(15)3;2-1-3/h9-11H,4-8H2,1-3H3,(H3,13,14,16);2H. The number of hydrogen-bond donors (Lipinski definition) is 3. The third-order valence-corrected chi connectivity index (χ3v) is 3.49. The summed E-state index contributed by atoms with van der Waals surface area (Å²) < 4.78 is 0. The van der Waals surface area contributed by atoms with Gasteiger partial charge in [-0.1, -0.05) is 19.8 Å². The quantitative estimate of drug-likeness (QED) is 0.537. The van der Waals surface area contributed by atoms with Gasteiger partial charge in [0.2, 0.25) is 6.08 Å². The predicted octanol–water partition coefficient (Wildman–Crippen LogP) is 1.94. The Morgan fingerprint density at radius 2 is 1.95 bits per heavy atom. The molecule has 0 aromatic rings. The summed E-state index contributed by atoms with van der Waals surface area (Å²) in [5.74, 6) is 0. The zero-order valence-electron chi connectivity index (χ0n) is 12.1. The van der Waals surface area contributed by atoms with E-state index in [9.17, 15) is 4.79 Å². The molecule has 0 aromatic heterocycles. The van der Waals surface area contributed by atoms with Crippen LogP contribution < -0.4 is 11.1 Å². The SMILES string of the molecule is CCCC(NC(N)=O)N1C(C)CCCC1C.N=C=O. The number of nitrogens with zero attached hydrogens (tertiary/aromatic N) is 1. The number of nitrogens with two attached hydrogens (primary N) is 1. The van der Waals surface area contributed by atoms with E-state index >= 15 is 0 Å². The summed E-state index contributed by atoms with van der Waals surface area (Å²) in [4.78, 5) is 21.8. The highest BCUT2D eigenvalue weighted by Gasteiger charge is 2.30. The molecule has 0 aromatic carbocycles. The lowest BCUT2D eigenvalue weighted by Crippen LogP contribution is -2.57. The first-order valence-electron chi connectivity index (χ1n) is 6.85. The molecule has 0 aliphatic carbocycles. The summed E-state index contributed by atoms with van der Waals surface area (Å²) >= 11 is 0. The van der Waals surface area contributed by atoms with Crippen molar-refractivity contribution in [1.29, 1.82) is 5.41 Å². The van der Waals surface area contributed by atoms with Crippen molar-refractivity contribution in [3.8, 4) is 0 Å². The molecule has 6 nitrogen and oxygen atoms in total. The van der Waals surface area contributed by atoms with Crippen molar-refractivity contribution in [2.24, 2.45) is 5.73 Å². The van der Waals surface area contributed by atoms with Crippen LogP contribution in [0.25, 0.3) is 0 Å². The minimum atomic E-state index is -0.413. The molecule has 1 aliphatic heterocycles. The summed E-state index contributed by atoms with van der Waals surface area (Å²) in [5, 5.41) is 8.28. The molecule has 0 spiro atoms. The molecule has 1 rings (SSSR count). The molecule has 110 valence electrons. The summed E-state index contributed by atoms with van der Waals surface area (Å²) in [5.41, 5.74) is 5.24. The maximum atomic E-state index is 11.0. The highest BCUT2D eigenvalue weighted by Crippen LogP contribution is 2.25. The number of isocyanates is 1. The molecule has 0 radical (unpaired) electrons. The van der Waals surface area contributed by atoms with Crippen molar-refractivity contribution in [2.45, 2.75) is 71.1 Å². The van der Waals surface area contributed by atoms with Crippen molar-refractivity contribution in [1.82, 2.24) is 10.2 Å². The van der Waals surface area contributed by atoms with Crippen molar-refractivity contribution < 1.29 is 9.59 Å². The van der Waals surface area contributed by atoms with Gasteiger partial charge in [0.1, 0.15) is 0 Å². The Morgan fingerprint density at radius 1 is 1.47 bits per heavy atom. The van der Waals surface area contributed by atoms with Gasteiger partial charge in [-0.05, 0) is 33.1 Å². The summed E-state index contributed by atoms with van der Waals surface area (Å²) in [7, 11) is 0. The molecule has 0 bridgehead atoms. The van der Waals surface area contributed by atoms with Crippen LogP contribution in [-0.4, -0.2) is 35.3 Å². The van der Waals surface area contributed by atoms with Crippen LogP contribution in [0.1, 0.15) is 52.9 Å². The molecule has 19 heavy (non-hydrogen) atoms. The zero-order chi connectivity index (χ0) is 14.8. The summed E-state index contributed by atoms with van der Waals surface area (Å²) in [6.07, 6.45) is 6.59. The lowest BCUT2D eigenvalue weighted by molar-refractivity contribution is 0.0399. The Morgan fingerprint density at radius 3 is 2.32 bits per heavy atom. The average Bonchev–Trinajstić information content (AvgIpc) is 2.29. The number of nitrogens with one attached hydrogen (secondary N) is 2. The summed E-state index contributed by atoms with van der Waals surface area (Å²) in [6.45, 7) is 6.61. The van der Waals surface area contributed by atoms with Gasteiger partial charge in [0, 0.05) is 12.1 Å². The number of hydrogen-bond acceptors (Lipinski definition) is 4. The van der Waals surface area contributed by atoms with Crippen LogP contribution in [0.4, 0.5) is 4.79 Å². The number of urea groups is 1. The molecule has 0 saturated carbocycles. The van der Waals surface area contributed by atoms with Gasteiger partial charge in [-0.25, -0.2) is 15.0 Å².